The standard InChI is InChI=1S/C17H17N3OS2/c1-3-21-14-7-4-12(5-8-14)19-17(22)20-13-6-9-15-16(10-13)23-11(2)18-15/h4-10H,3H2,1-2H3,(H2,19,20,22). The average molecular weight is 343 g/mol. The van der Waals surface area contributed by atoms with Crippen molar-refractivity contribution in [2.24, 2.45) is 0 Å². The van der Waals surface area contributed by atoms with Gasteiger partial charge in [-0.3, -0.25) is 0 Å². The third-order valence-corrected chi connectivity index (χ3v) is 4.31. The van der Waals surface area contributed by atoms with Crippen molar-refractivity contribution in [2.75, 3.05) is 17.2 Å². The molecule has 3 aromatic rings. The lowest BCUT2D eigenvalue weighted by molar-refractivity contribution is 0.340. The van der Waals surface area contributed by atoms with Gasteiger partial charge in [0.05, 0.1) is 21.8 Å². The fourth-order valence-electron chi connectivity index (χ4n) is 2.21. The van der Waals surface area contributed by atoms with Gasteiger partial charge in [0.1, 0.15) is 5.75 Å². The average Bonchev–Trinajstić information content (AvgIpc) is 2.89. The molecule has 0 bridgehead atoms. The number of thiocarbonyl (C=S) groups is 1. The Kier molecular flexibility index (Phi) is 4.73. The highest BCUT2D eigenvalue weighted by Crippen LogP contribution is 2.25. The molecule has 1 aromatic heterocycles. The molecule has 0 aliphatic rings. The predicted molar refractivity (Wildman–Crippen MR) is 102 cm³/mol. The van der Waals surface area contributed by atoms with Gasteiger partial charge in [-0.2, -0.15) is 0 Å². The van der Waals surface area contributed by atoms with Crippen molar-refractivity contribution in [3.05, 3.63) is 47.5 Å². The highest BCUT2D eigenvalue weighted by atomic mass is 32.1. The molecule has 0 amide bonds. The van der Waals surface area contributed by atoms with Crippen molar-refractivity contribution >= 4 is 50.3 Å². The van der Waals surface area contributed by atoms with E-state index in [1.807, 2.05) is 50.2 Å². The Morgan fingerprint density at radius 1 is 1.13 bits per heavy atom. The number of hydrogen-bond donors (Lipinski definition) is 2. The molecule has 2 aromatic carbocycles. The molecule has 0 unspecified atom stereocenters. The fourth-order valence-corrected chi connectivity index (χ4v) is 3.31. The van der Waals surface area contributed by atoms with E-state index in [4.69, 9.17) is 17.0 Å². The van der Waals surface area contributed by atoms with Crippen molar-refractivity contribution < 1.29 is 4.74 Å². The largest absolute Gasteiger partial charge is 0.494 e. The first kappa shape index (κ1) is 15.7. The third-order valence-electron chi connectivity index (χ3n) is 3.18. The summed E-state index contributed by atoms with van der Waals surface area (Å²) in [6.07, 6.45) is 0. The van der Waals surface area contributed by atoms with Crippen LogP contribution < -0.4 is 15.4 Å². The maximum absolute atomic E-state index is 5.42. The molecule has 0 atom stereocenters. The van der Waals surface area contributed by atoms with Crippen LogP contribution in [0.5, 0.6) is 5.75 Å². The molecule has 0 saturated heterocycles. The Labute approximate surface area is 144 Å². The number of benzene rings is 2. The van der Waals surface area contributed by atoms with E-state index >= 15 is 0 Å². The number of nitrogens with one attached hydrogen (secondary N) is 2. The monoisotopic (exact) mass is 343 g/mol. The molecule has 0 radical (unpaired) electrons. The summed E-state index contributed by atoms with van der Waals surface area (Å²) >= 11 is 7.04. The topological polar surface area (TPSA) is 46.2 Å². The van der Waals surface area contributed by atoms with E-state index in [9.17, 15) is 0 Å². The molecule has 118 valence electrons. The second-order valence-corrected chi connectivity index (χ2v) is 6.59. The number of aromatic nitrogens is 1. The molecule has 0 fully saturated rings. The Balaban J connectivity index is 1.65. The molecule has 2 N–H and O–H groups in total. The number of nitrogens with zero attached hydrogens (tertiary/aromatic N) is 1. The summed E-state index contributed by atoms with van der Waals surface area (Å²) in [5, 5.41) is 7.98. The molecule has 0 saturated carbocycles. The first-order chi connectivity index (χ1) is 11.1. The SMILES string of the molecule is CCOc1ccc(NC(=S)Nc2ccc3nc(C)sc3c2)cc1. The van der Waals surface area contributed by atoms with Crippen molar-refractivity contribution in [3.63, 3.8) is 0 Å². The van der Waals surface area contributed by atoms with E-state index < -0.39 is 0 Å². The normalized spacial score (nSPS) is 10.5. The van der Waals surface area contributed by atoms with Crippen molar-refractivity contribution in [1.82, 2.24) is 4.98 Å². The minimum Gasteiger partial charge on any atom is -0.494 e. The summed E-state index contributed by atoms with van der Waals surface area (Å²) in [5.41, 5.74) is 2.88. The molecule has 0 aliphatic carbocycles. The predicted octanol–water partition coefficient (Wildman–Crippen LogP) is 4.81. The Bertz CT molecular complexity index is 827. The van der Waals surface area contributed by atoms with Gasteiger partial charge in [0, 0.05) is 11.4 Å². The van der Waals surface area contributed by atoms with Gasteiger partial charge < -0.3 is 15.4 Å². The van der Waals surface area contributed by atoms with Crippen molar-refractivity contribution in [3.8, 4) is 5.75 Å². The lowest BCUT2D eigenvalue weighted by Crippen LogP contribution is -2.18. The van der Waals surface area contributed by atoms with Crippen LogP contribution in [0.1, 0.15) is 11.9 Å². The molecule has 0 spiro atoms. The van der Waals surface area contributed by atoms with Crippen LogP contribution in [0.4, 0.5) is 11.4 Å². The molecule has 23 heavy (non-hydrogen) atoms. The van der Waals surface area contributed by atoms with Gasteiger partial charge >= 0.3 is 0 Å². The lowest BCUT2D eigenvalue weighted by Gasteiger charge is -2.11. The van der Waals surface area contributed by atoms with Gasteiger partial charge in [0.15, 0.2) is 5.11 Å². The van der Waals surface area contributed by atoms with Gasteiger partial charge in [-0.05, 0) is 68.5 Å². The molecule has 6 heteroatoms. The van der Waals surface area contributed by atoms with Crippen LogP contribution in [0, 0.1) is 6.92 Å². The van der Waals surface area contributed by atoms with E-state index in [-0.39, 0.29) is 0 Å². The van der Waals surface area contributed by atoms with Crippen LogP contribution in [0.25, 0.3) is 10.2 Å². The quantitative estimate of drug-likeness (QED) is 0.666. The van der Waals surface area contributed by atoms with Crippen LogP contribution in [0.15, 0.2) is 42.5 Å². The molecule has 0 aliphatic heterocycles. The maximum Gasteiger partial charge on any atom is 0.175 e. The smallest absolute Gasteiger partial charge is 0.175 e. The fraction of sp³-hybridized carbons (Fsp3) is 0.176. The highest BCUT2D eigenvalue weighted by Gasteiger charge is 2.04. The van der Waals surface area contributed by atoms with Gasteiger partial charge in [0.2, 0.25) is 0 Å². The maximum atomic E-state index is 5.42. The second kappa shape index (κ2) is 6.93. The second-order valence-electron chi connectivity index (χ2n) is 4.95. The van der Waals surface area contributed by atoms with Gasteiger partial charge in [-0.1, -0.05) is 0 Å². The summed E-state index contributed by atoms with van der Waals surface area (Å²) in [5.74, 6) is 0.850. The zero-order chi connectivity index (χ0) is 16.2. The first-order valence-electron chi connectivity index (χ1n) is 7.32. The van der Waals surface area contributed by atoms with E-state index in [0.717, 1.165) is 32.3 Å². The van der Waals surface area contributed by atoms with Crippen LogP contribution in [-0.2, 0) is 0 Å². The number of hydrogen-bond acceptors (Lipinski definition) is 4. The zero-order valence-corrected chi connectivity index (χ0v) is 14.6. The van der Waals surface area contributed by atoms with Crippen molar-refractivity contribution in [2.45, 2.75) is 13.8 Å². The van der Waals surface area contributed by atoms with Crippen LogP contribution in [0.2, 0.25) is 0 Å². The highest BCUT2D eigenvalue weighted by molar-refractivity contribution is 7.80. The number of ether oxygens (including phenoxy) is 1. The third kappa shape index (κ3) is 3.97. The molecule has 4 nitrogen and oxygen atoms in total. The van der Waals surface area contributed by atoms with Crippen LogP contribution >= 0.6 is 23.6 Å². The van der Waals surface area contributed by atoms with Gasteiger partial charge in [-0.25, -0.2) is 4.98 Å². The molecular weight excluding hydrogens is 326 g/mol. The molecule has 1 heterocycles. The minimum absolute atomic E-state index is 0.551. The van der Waals surface area contributed by atoms with Crippen LogP contribution in [0.3, 0.4) is 0 Å². The van der Waals surface area contributed by atoms with E-state index in [0.29, 0.717) is 11.7 Å². The first-order valence-corrected chi connectivity index (χ1v) is 8.54. The summed E-state index contributed by atoms with van der Waals surface area (Å²) in [6, 6.07) is 13.8. The van der Waals surface area contributed by atoms with Gasteiger partial charge in [-0.15, -0.1) is 11.3 Å². The number of rotatable bonds is 4. The summed E-state index contributed by atoms with van der Waals surface area (Å²) in [7, 11) is 0. The number of anilines is 2. The number of fused-ring (bicyclic) bond motifs is 1. The van der Waals surface area contributed by atoms with Gasteiger partial charge in [0.25, 0.3) is 0 Å². The summed E-state index contributed by atoms with van der Waals surface area (Å²) < 4.78 is 6.57. The zero-order valence-electron chi connectivity index (χ0n) is 12.9. The van der Waals surface area contributed by atoms with E-state index in [2.05, 4.69) is 21.7 Å². The molecular formula is C17H17N3OS2. The number of thiazole rings is 1. The molecule has 3 rings (SSSR count). The number of aryl methyl sites for hydroxylation is 1. The Morgan fingerprint density at radius 3 is 2.57 bits per heavy atom. The summed E-state index contributed by atoms with van der Waals surface area (Å²) in [4.78, 5) is 4.45. The lowest BCUT2D eigenvalue weighted by atomic mass is 10.3. The Hall–Kier alpha value is -2.18. The van der Waals surface area contributed by atoms with E-state index in [1.54, 1.807) is 11.3 Å². The minimum atomic E-state index is 0.551. The van der Waals surface area contributed by atoms with Crippen LogP contribution in [-0.4, -0.2) is 16.7 Å². The van der Waals surface area contributed by atoms with E-state index in [1.165, 1.54) is 0 Å². The summed E-state index contributed by atoms with van der Waals surface area (Å²) in [6.45, 7) is 4.63. The van der Waals surface area contributed by atoms with Crippen molar-refractivity contribution in [1.29, 1.82) is 0 Å². The Morgan fingerprint density at radius 2 is 1.83 bits per heavy atom.